The summed E-state index contributed by atoms with van der Waals surface area (Å²) in [6.45, 7) is 3.33. The number of ether oxygens (including phenoxy) is 12. The van der Waals surface area contributed by atoms with Crippen LogP contribution in [0.1, 0.15) is 66.8 Å². The average molecular weight is 1930 g/mol. The van der Waals surface area contributed by atoms with Crippen molar-refractivity contribution in [1.82, 2.24) is 0 Å². The summed E-state index contributed by atoms with van der Waals surface area (Å²) in [5.41, 5.74) is 12.7. The molecule has 0 radical (unpaired) electrons. The Morgan fingerprint density at radius 2 is 0.299 bits per heavy atom. The summed E-state index contributed by atoms with van der Waals surface area (Å²) >= 11 is 0. The van der Waals surface area contributed by atoms with Crippen LogP contribution < -0.4 is 88.7 Å². The molecule has 0 aliphatic carbocycles. The molecule has 0 atom stereocenters. The molecule has 0 bridgehead atoms. The Hall–Kier alpha value is -17.0. The van der Waals surface area contributed by atoms with Gasteiger partial charge < -0.3 is 66.0 Å². The second-order valence-electron chi connectivity index (χ2n) is 35.2. The molecule has 0 saturated carbocycles. The third-order valence-corrected chi connectivity index (χ3v) is 31.1. The third kappa shape index (κ3) is 24.0. The highest BCUT2D eigenvalue weighted by atomic mass is 31.2. The van der Waals surface area contributed by atoms with Gasteiger partial charge in [-0.3, -0.25) is 0 Å². The zero-order chi connectivity index (χ0) is 97.3. The summed E-state index contributed by atoms with van der Waals surface area (Å²) in [5, 5.41) is 6.30. The van der Waals surface area contributed by atoms with Gasteiger partial charge in [0, 0.05) is 67.2 Å². The molecule has 0 aliphatic heterocycles. The van der Waals surface area contributed by atoms with Crippen LogP contribution in [0.2, 0.25) is 0 Å². The van der Waals surface area contributed by atoms with Gasteiger partial charge in [-0.2, -0.15) is 0 Å². The van der Waals surface area contributed by atoms with Gasteiger partial charge in [0.15, 0.2) is 14.3 Å². The first-order valence-corrected chi connectivity index (χ1v) is 51.5. The standard InChI is InChI=1S/C128H104O14P2/c129-143(119-59-51-107(52-60-119)131-89-101-69-111(135-81-93-29-9-1-10-30-93)77-112(70-101)136-82-94-31-11-2-12-32-94,120-61-53-108(54-62-120)132-90-102-71-113(137-83-95-33-13-3-14-34-95)78-114(72-102)138-84-96-35-15-4-16-36-96)125-67-49-105-45-25-27-47-123(105)127(125)128-124-48-28-26-46-106(124)50-68-126(128)144(130,121-63-55-109(56-64-121)133-91-103-73-115(139-85-97-37-17-5-18-38-97)79-116(74-103)140-86-98-39-19-6-20-40-98)122-65-57-110(58-66-122)134-92-104-75-117(141-87-99-41-21-7-22-42-99)80-118(76-104)142-88-100-43-23-8-24-44-100/h1-80H,81-92H2. The van der Waals surface area contributed by atoms with Crippen molar-refractivity contribution >= 4 is 67.7 Å². The van der Waals surface area contributed by atoms with E-state index in [-0.39, 0.29) is 26.4 Å². The van der Waals surface area contributed by atoms with Crippen LogP contribution in [0.3, 0.4) is 0 Å². The van der Waals surface area contributed by atoms with Gasteiger partial charge >= 0.3 is 0 Å². The van der Waals surface area contributed by atoms with Crippen LogP contribution in [-0.2, 0) is 88.4 Å². The molecule has 0 aromatic heterocycles. The predicted octanol–water partition coefficient (Wildman–Crippen LogP) is 27.9. The predicted molar refractivity (Wildman–Crippen MR) is 575 cm³/mol. The van der Waals surface area contributed by atoms with E-state index < -0.39 is 14.3 Å². The molecular formula is C128H104O14P2. The van der Waals surface area contributed by atoms with E-state index in [1.807, 2.05) is 461 Å². The molecule has 20 aromatic carbocycles. The summed E-state index contributed by atoms with van der Waals surface area (Å²) in [6, 6.07) is 158. The van der Waals surface area contributed by atoms with Gasteiger partial charge in [0.1, 0.15) is 148 Å². The molecule has 20 aromatic rings. The quantitative estimate of drug-likeness (QED) is 0.0334. The minimum absolute atomic E-state index is 0.138. The Kier molecular flexibility index (Phi) is 30.2. The zero-order valence-electron chi connectivity index (χ0n) is 79.3. The highest BCUT2D eigenvalue weighted by molar-refractivity contribution is 7.86. The Balaban J connectivity index is 0.690. The molecule has 710 valence electrons. The number of fused-ring (bicyclic) bond motifs is 2. The van der Waals surface area contributed by atoms with E-state index >= 15 is 9.13 Å². The van der Waals surface area contributed by atoms with Crippen LogP contribution in [0.4, 0.5) is 0 Å². The van der Waals surface area contributed by atoms with Crippen LogP contribution in [-0.4, -0.2) is 0 Å². The first kappa shape index (κ1) is 94.6. The summed E-state index contributed by atoms with van der Waals surface area (Å²) in [7, 11) is -8.46. The molecule has 0 amide bonds. The van der Waals surface area contributed by atoms with Crippen LogP contribution in [0.15, 0.2) is 485 Å². The maximum Gasteiger partial charge on any atom is 0.171 e. The molecular weight excluding hydrogens is 1820 g/mol. The highest BCUT2D eigenvalue weighted by Gasteiger charge is 2.39. The second-order valence-corrected chi connectivity index (χ2v) is 40.6. The molecule has 16 heteroatoms. The largest absolute Gasteiger partial charge is 0.489 e. The molecule has 0 aliphatic rings. The van der Waals surface area contributed by atoms with Crippen molar-refractivity contribution < 1.29 is 66.0 Å². The molecule has 0 N–H and O–H groups in total. The molecule has 0 heterocycles. The third-order valence-electron chi connectivity index (χ3n) is 24.9. The fourth-order valence-electron chi connectivity index (χ4n) is 17.6. The van der Waals surface area contributed by atoms with Gasteiger partial charge in [0.05, 0.1) is 0 Å². The zero-order valence-corrected chi connectivity index (χ0v) is 81.1. The van der Waals surface area contributed by atoms with Crippen molar-refractivity contribution in [3.63, 3.8) is 0 Å². The van der Waals surface area contributed by atoms with E-state index in [0.717, 1.165) is 88.3 Å². The molecule has 0 saturated heterocycles. The summed E-state index contributed by atoms with van der Waals surface area (Å²) < 4.78 is 116. The summed E-state index contributed by atoms with van der Waals surface area (Å²) in [4.78, 5) is 0. The van der Waals surface area contributed by atoms with Gasteiger partial charge in [0.2, 0.25) is 0 Å². The van der Waals surface area contributed by atoms with Crippen LogP contribution in [0.5, 0.6) is 69.0 Å². The minimum Gasteiger partial charge on any atom is -0.489 e. The number of hydrogen-bond acceptors (Lipinski definition) is 14. The van der Waals surface area contributed by atoms with E-state index in [1.54, 1.807) is 0 Å². The minimum atomic E-state index is -4.23. The van der Waals surface area contributed by atoms with Crippen molar-refractivity contribution in [2.75, 3.05) is 0 Å². The van der Waals surface area contributed by atoms with Crippen molar-refractivity contribution in [1.29, 1.82) is 0 Å². The number of hydrogen-bond donors (Lipinski definition) is 0. The highest BCUT2D eigenvalue weighted by Crippen LogP contribution is 2.53. The normalized spacial score (nSPS) is 11.3. The van der Waals surface area contributed by atoms with Crippen LogP contribution in [0, 0.1) is 0 Å². The fourth-order valence-corrected chi connectivity index (χ4v) is 23.2. The maximum absolute atomic E-state index is 18.7. The average Bonchev–Trinajstić information content (AvgIpc) is 0.708. The summed E-state index contributed by atoms with van der Waals surface area (Å²) in [5.74, 6) is 7.07. The van der Waals surface area contributed by atoms with Crippen molar-refractivity contribution in [2.45, 2.75) is 79.3 Å². The SMILES string of the molecule is O=P(c1ccc(OCc2cc(OCc3ccccc3)cc(OCc3ccccc3)c2)cc1)(c1ccc(OCc2cc(OCc3ccccc3)cc(OCc3ccccc3)c2)cc1)c1ccc2ccccc2c1-c1c(P(=O)(c2ccc(OCc3cc(OCc4ccccc4)cc(OCc4ccccc4)c3)cc2)c2ccc(OCc3cc(OCc4ccccc4)cc(OCc4ccccc4)c3)cc2)ccc2ccccc12. The van der Waals surface area contributed by atoms with E-state index in [2.05, 4.69) is 24.3 Å². The monoisotopic (exact) mass is 1930 g/mol. The first-order chi connectivity index (χ1) is 71.0. The van der Waals surface area contributed by atoms with Crippen LogP contribution in [0.25, 0.3) is 32.7 Å². The molecule has 144 heavy (non-hydrogen) atoms. The lowest BCUT2D eigenvalue weighted by Gasteiger charge is -2.29. The molecule has 0 fully saturated rings. The van der Waals surface area contributed by atoms with Gasteiger partial charge in [-0.05, 0) is 246 Å². The topological polar surface area (TPSA) is 145 Å². The maximum atomic E-state index is 18.7. The van der Waals surface area contributed by atoms with E-state index in [4.69, 9.17) is 56.8 Å². The lowest BCUT2D eigenvalue weighted by atomic mass is 9.93. The Labute approximate surface area is 839 Å². The lowest BCUT2D eigenvalue weighted by Crippen LogP contribution is -2.30. The Bertz CT molecular complexity index is 6690. The van der Waals surface area contributed by atoms with Gasteiger partial charge in [0.25, 0.3) is 0 Å². The second kappa shape index (κ2) is 45.9. The van der Waals surface area contributed by atoms with Gasteiger partial charge in [-0.25, -0.2) is 0 Å². The Morgan fingerprint density at radius 1 is 0.139 bits per heavy atom. The van der Waals surface area contributed by atoms with Crippen molar-refractivity contribution in [3.05, 3.63) is 552 Å². The lowest BCUT2D eigenvalue weighted by molar-refractivity contribution is 0.281. The molecule has 0 spiro atoms. The summed E-state index contributed by atoms with van der Waals surface area (Å²) in [6.07, 6.45) is 0. The van der Waals surface area contributed by atoms with Crippen molar-refractivity contribution in [2.24, 2.45) is 0 Å². The fraction of sp³-hybridized carbons (Fsp3) is 0.0938. The number of rotatable bonds is 43. The first-order valence-electron chi connectivity index (χ1n) is 48.1. The van der Waals surface area contributed by atoms with Gasteiger partial charge in [-0.15, -0.1) is 0 Å². The van der Waals surface area contributed by atoms with E-state index in [1.165, 1.54) is 0 Å². The van der Waals surface area contributed by atoms with Gasteiger partial charge in [-0.1, -0.05) is 303 Å². The molecule has 14 nitrogen and oxygen atoms in total. The smallest absolute Gasteiger partial charge is 0.171 e. The van der Waals surface area contributed by atoms with Crippen LogP contribution >= 0.6 is 14.3 Å². The molecule has 0 unspecified atom stereocenters. The van der Waals surface area contributed by atoms with E-state index in [0.29, 0.717) is 165 Å². The van der Waals surface area contributed by atoms with Crippen molar-refractivity contribution in [3.8, 4) is 80.1 Å². The molecule has 20 rings (SSSR count). The Morgan fingerprint density at radius 3 is 0.486 bits per heavy atom. The number of benzene rings is 20. The van der Waals surface area contributed by atoms with E-state index in [9.17, 15) is 0 Å².